The van der Waals surface area contributed by atoms with Crippen LogP contribution in [0.4, 0.5) is 5.95 Å². The van der Waals surface area contributed by atoms with Gasteiger partial charge in [0, 0.05) is 0 Å². The molecule has 3 aromatic rings. The second-order valence-corrected chi connectivity index (χ2v) is 7.74. The first kappa shape index (κ1) is 13.9. The number of fused-ring (bicyclic) bond motifs is 1. The van der Waals surface area contributed by atoms with E-state index in [-0.39, 0.29) is 17.0 Å². The first-order valence-corrected chi connectivity index (χ1v) is 7.95. The molecule has 3 aromatic heterocycles. The quantitative estimate of drug-likeness (QED) is 0.597. The van der Waals surface area contributed by atoms with Gasteiger partial charge in [0.1, 0.15) is 5.52 Å². The van der Waals surface area contributed by atoms with Crippen molar-refractivity contribution >= 4 is 77.8 Å². The highest BCUT2D eigenvalue weighted by molar-refractivity contribution is 9.12. The highest BCUT2D eigenvalue weighted by Gasteiger charge is 2.16. The Morgan fingerprint density at radius 2 is 2.20 bits per heavy atom. The zero-order chi connectivity index (χ0) is 14.3. The molecule has 0 aromatic carbocycles. The monoisotopic (exact) mass is 435 g/mol. The number of rotatable bonds is 2. The minimum absolute atomic E-state index is 0.105. The zero-order valence-corrected chi connectivity index (χ0v) is 14.2. The normalized spacial score (nSPS) is 10.9. The van der Waals surface area contributed by atoms with E-state index in [1.165, 1.54) is 17.7 Å². The van der Waals surface area contributed by atoms with Crippen LogP contribution in [0, 0.1) is 0 Å². The SMILES string of the molecule is O=C(Nc1nc(Cl)c2[nH]cnc2n1)c1cc(Br)sc1Br. The van der Waals surface area contributed by atoms with Gasteiger partial charge in [-0.15, -0.1) is 11.3 Å². The Hall–Kier alpha value is -1.03. The van der Waals surface area contributed by atoms with Crippen molar-refractivity contribution in [1.82, 2.24) is 19.9 Å². The molecule has 0 spiro atoms. The van der Waals surface area contributed by atoms with Crippen molar-refractivity contribution in [1.29, 1.82) is 0 Å². The number of hydrogen-bond acceptors (Lipinski definition) is 5. The molecule has 6 nitrogen and oxygen atoms in total. The van der Waals surface area contributed by atoms with Gasteiger partial charge in [0.2, 0.25) is 5.95 Å². The first-order valence-electron chi connectivity index (χ1n) is 5.17. The van der Waals surface area contributed by atoms with Crippen LogP contribution in [-0.2, 0) is 0 Å². The van der Waals surface area contributed by atoms with Gasteiger partial charge in [0.25, 0.3) is 5.91 Å². The Labute approximate surface area is 138 Å². The van der Waals surface area contributed by atoms with Crippen molar-refractivity contribution in [3.63, 3.8) is 0 Å². The predicted molar refractivity (Wildman–Crippen MR) is 84.4 cm³/mol. The van der Waals surface area contributed by atoms with Crippen molar-refractivity contribution in [3.05, 3.63) is 30.7 Å². The number of H-pyrrole nitrogens is 1. The van der Waals surface area contributed by atoms with E-state index in [1.54, 1.807) is 6.07 Å². The van der Waals surface area contributed by atoms with E-state index in [4.69, 9.17) is 11.6 Å². The van der Waals surface area contributed by atoms with Crippen molar-refractivity contribution < 1.29 is 4.79 Å². The van der Waals surface area contributed by atoms with E-state index in [2.05, 4.69) is 57.1 Å². The number of halogens is 3. The molecule has 2 N–H and O–H groups in total. The number of carbonyl (C=O) groups is 1. The van der Waals surface area contributed by atoms with Crippen LogP contribution in [-0.4, -0.2) is 25.8 Å². The van der Waals surface area contributed by atoms with Crippen molar-refractivity contribution in [2.24, 2.45) is 0 Å². The molecule has 3 rings (SSSR count). The molecular formula is C10H4Br2ClN5OS. The summed E-state index contributed by atoms with van der Waals surface area (Å²) in [5.41, 5.74) is 1.42. The summed E-state index contributed by atoms with van der Waals surface area (Å²) < 4.78 is 1.56. The van der Waals surface area contributed by atoms with Crippen molar-refractivity contribution in [2.45, 2.75) is 0 Å². The van der Waals surface area contributed by atoms with Crippen LogP contribution in [0.15, 0.2) is 20.0 Å². The number of anilines is 1. The molecule has 0 unspecified atom stereocenters. The average molecular weight is 438 g/mol. The molecule has 20 heavy (non-hydrogen) atoms. The fourth-order valence-corrected chi connectivity index (χ4v) is 4.53. The van der Waals surface area contributed by atoms with Crippen LogP contribution in [0.3, 0.4) is 0 Å². The van der Waals surface area contributed by atoms with E-state index in [1.807, 2.05) is 0 Å². The largest absolute Gasteiger partial charge is 0.341 e. The van der Waals surface area contributed by atoms with Crippen LogP contribution in [0.5, 0.6) is 0 Å². The Bertz CT molecular complexity index is 817. The van der Waals surface area contributed by atoms with Gasteiger partial charge in [0.05, 0.1) is 19.5 Å². The predicted octanol–water partition coefficient (Wildman–Crippen LogP) is 3.85. The molecule has 0 aliphatic rings. The molecule has 0 atom stereocenters. The van der Waals surface area contributed by atoms with Crippen molar-refractivity contribution in [3.8, 4) is 0 Å². The molecule has 0 saturated heterocycles. The number of nitrogens with zero attached hydrogens (tertiary/aromatic N) is 3. The topological polar surface area (TPSA) is 83.6 Å². The molecule has 1 amide bonds. The number of amides is 1. The summed E-state index contributed by atoms with van der Waals surface area (Å²) in [4.78, 5) is 27.0. The summed E-state index contributed by atoms with van der Waals surface area (Å²) in [5.74, 6) is -0.224. The van der Waals surface area contributed by atoms with Crippen LogP contribution in [0.25, 0.3) is 11.2 Å². The lowest BCUT2D eigenvalue weighted by Crippen LogP contribution is -2.14. The highest BCUT2D eigenvalue weighted by Crippen LogP contribution is 2.32. The lowest BCUT2D eigenvalue weighted by atomic mass is 10.3. The van der Waals surface area contributed by atoms with Gasteiger partial charge in [-0.3, -0.25) is 10.1 Å². The molecule has 0 radical (unpaired) electrons. The van der Waals surface area contributed by atoms with E-state index in [0.29, 0.717) is 20.5 Å². The zero-order valence-electron chi connectivity index (χ0n) is 9.45. The molecular weight excluding hydrogens is 433 g/mol. The number of hydrogen-bond donors (Lipinski definition) is 2. The lowest BCUT2D eigenvalue weighted by Gasteiger charge is -2.03. The summed E-state index contributed by atoms with van der Waals surface area (Å²) in [5, 5.41) is 2.79. The summed E-state index contributed by atoms with van der Waals surface area (Å²) in [6.07, 6.45) is 1.46. The minimum atomic E-state index is -0.329. The van der Waals surface area contributed by atoms with E-state index in [9.17, 15) is 4.79 Å². The molecule has 0 aliphatic carbocycles. The fourth-order valence-electron chi connectivity index (χ4n) is 1.52. The number of aromatic nitrogens is 4. The third-order valence-corrected chi connectivity index (χ3v) is 4.98. The molecule has 10 heteroatoms. The van der Waals surface area contributed by atoms with Crippen LogP contribution in [0.2, 0.25) is 5.15 Å². The lowest BCUT2D eigenvalue weighted by molar-refractivity contribution is 0.102. The Morgan fingerprint density at radius 3 is 2.90 bits per heavy atom. The van der Waals surface area contributed by atoms with Gasteiger partial charge in [-0.2, -0.15) is 9.97 Å². The molecule has 3 heterocycles. The maximum absolute atomic E-state index is 12.1. The Balaban J connectivity index is 1.93. The maximum Gasteiger partial charge on any atom is 0.260 e. The van der Waals surface area contributed by atoms with Crippen LogP contribution >= 0.6 is 54.8 Å². The smallest absolute Gasteiger partial charge is 0.260 e. The maximum atomic E-state index is 12.1. The number of imidazole rings is 1. The highest BCUT2D eigenvalue weighted by atomic mass is 79.9. The molecule has 0 aliphatic heterocycles. The summed E-state index contributed by atoms with van der Waals surface area (Å²) in [6, 6.07) is 1.71. The molecule has 0 saturated carbocycles. The number of nitrogens with one attached hydrogen (secondary N) is 2. The van der Waals surface area contributed by atoms with Gasteiger partial charge in [-0.25, -0.2) is 4.98 Å². The summed E-state index contributed by atoms with van der Waals surface area (Å²) >= 11 is 14.0. The van der Waals surface area contributed by atoms with Gasteiger partial charge >= 0.3 is 0 Å². The van der Waals surface area contributed by atoms with Crippen LogP contribution in [0.1, 0.15) is 10.4 Å². The Kier molecular flexibility index (Phi) is 3.76. The number of carbonyl (C=O) groups excluding carboxylic acids is 1. The average Bonchev–Trinajstić information content (AvgIpc) is 2.95. The van der Waals surface area contributed by atoms with Gasteiger partial charge < -0.3 is 4.98 Å². The van der Waals surface area contributed by atoms with E-state index < -0.39 is 0 Å². The van der Waals surface area contributed by atoms with E-state index in [0.717, 1.165) is 3.79 Å². The second kappa shape index (κ2) is 5.40. The molecule has 102 valence electrons. The van der Waals surface area contributed by atoms with Gasteiger partial charge in [-0.1, -0.05) is 11.6 Å². The second-order valence-electron chi connectivity index (χ2n) is 3.63. The number of aromatic amines is 1. The third-order valence-electron chi connectivity index (χ3n) is 2.37. The fraction of sp³-hybridized carbons (Fsp3) is 0. The van der Waals surface area contributed by atoms with E-state index >= 15 is 0 Å². The molecule has 0 fully saturated rings. The van der Waals surface area contributed by atoms with Crippen LogP contribution < -0.4 is 5.32 Å². The first-order chi connectivity index (χ1) is 9.54. The minimum Gasteiger partial charge on any atom is -0.341 e. The van der Waals surface area contributed by atoms with Crippen molar-refractivity contribution in [2.75, 3.05) is 5.32 Å². The summed E-state index contributed by atoms with van der Waals surface area (Å²) in [6.45, 7) is 0. The molecule has 0 bridgehead atoms. The van der Waals surface area contributed by atoms with Gasteiger partial charge in [0.15, 0.2) is 10.8 Å². The summed E-state index contributed by atoms with van der Waals surface area (Å²) in [7, 11) is 0. The third kappa shape index (κ3) is 2.58. The van der Waals surface area contributed by atoms with Gasteiger partial charge in [-0.05, 0) is 37.9 Å². The standard InChI is InChI=1S/C10H4Br2ClN5OS/c11-4-1-3(6(12)20-4)9(19)18-10-16-7(13)5-8(17-10)15-2-14-5/h1-2H,(H2,14,15,16,17,18,19). The Morgan fingerprint density at radius 1 is 1.40 bits per heavy atom. The number of thiophene rings is 1.